The molecule has 0 heterocycles. The SMILES string of the molecule is Nc1ccc(OCCOCCOCCOCCOCCOCCOCCOc2ccccc2)cc1. The monoisotopic (exact) mass is 493 g/mol. The summed E-state index contributed by atoms with van der Waals surface area (Å²) in [5.41, 5.74) is 6.34. The highest BCUT2D eigenvalue weighted by atomic mass is 16.6. The van der Waals surface area contributed by atoms with Gasteiger partial charge in [-0.25, -0.2) is 0 Å². The number of para-hydroxylation sites is 1. The highest BCUT2D eigenvalue weighted by molar-refractivity contribution is 5.41. The molecule has 0 bridgehead atoms. The normalized spacial score (nSPS) is 11.0. The van der Waals surface area contributed by atoms with Crippen LogP contribution in [-0.4, -0.2) is 92.5 Å². The molecule has 0 radical (unpaired) electrons. The molecule has 2 N–H and O–H groups in total. The molecule has 2 aromatic carbocycles. The molecule has 9 nitrogen and oxygen atoms in total. The van der Waals surface area contributed by atoms with E-state index in [0.29, 0.717) is 98.2 Å². The highest BCUT2D eigenvalue weighted by Gasteiger charge is 1.96. The molecule has 0 fully saturated rings. The van der Waals surface area contributed by atoms with Crippen molar-refractivity contribution in [1.82, 2.24) is 0 Å². The topological polar surface area (TPSA) is 99.9 Å². The number of hydrogen-bond acceptors (Lipinski definition) is 9. The molecule has 0 unspecified atom stereocenters. The highest BCUT2D eigenvalue weighted by Crippen LogP contribution is 2.12. The first kappa shape index (κ1) is 28.8. The maximum atomic E-state index is 5.63. The zero-order valence-corrected chi connectivity index (χ0v) is 20.4. The third-order valence-electron chi connectivity index (χ3n) is 4.48. The molecule has 196 valence electrons. The van der Waals surface area contributed by atoms with Crippen LogP contribution in [-0.2, 0) is 28.4 Å². The molecule has 0 amide bonds. The predicted octanol–water partition coefficient (Wildman–Crippen LogP) is 2.83. The van der Waals surface area contributed by atoms with Crippen molar-refractivity contribution in [3.8, 4) is 11.5 Å². The van der Waals surface area contributed by atoms with Crippen LogP contribution in [0.15, 0.2) is 54.6 Å². The Labute approximate surface area is 208 Å². The molecule has 35 heavy (non-hydrogen) atoms. The van der Waals surface area contributed by atoms with Gasteiger partial charge in [0.1, 0.15) is 24.7 Å². The van der Waals surface area contributed by atoms with Crippen LogP contribution in [0.2, 0.25) is 0 Å². The van der Waals surface area contributed by atoms with Crippen molar-refractivity contribution in [3.05, 3.63) is 54.6 Å². The Balaban J connectivity index is 1.20. The summed E-state index contributed by atoms with van der Waals surface area (Å²) in [7, 11) is 0. The molecular weight excluding hydrogens is 454 g/mol. The van der Waals surface area contributed by atoms with Crippen molar-refractivity contribution in [3.63, 3.8) is 0 Å². The lowest BCUT2D eigenvalue weighted by Crippen LogP contribution is -2.15. The lowest BCUT2D eigenvalue weighted by Gasteiger charge is -2.09. The first-order valence-electron chi connectivity index (χ1n) is 12.0. The second-order valence-electron chi connectivity index (χ2n) is 7.25. The van der Waals surface area contributed by atoms with Gasteiger partial charge in [-0.3, -0.25) is 0 Å². The van der Waals surface area contributed by atoms with Gasteiger partial charge >= 0.3 is 0 Å². The van der Waals surface area contributed by atoms with Gasteiger partial charge in [-0.05, 0) is 36.4 Å². The standard InChI is InChI=1S/C26H39NO8/c27-24-6-8-26(9-7-24)35-23-21-33-19-17-31-15-13-29-11-10-28-12-14-30-16-18-32-20-22-34-25-4-2-1-3-5-25/h1-9H,10-23,27H2. The molecule has 0 aromatic heterocycles. The minimum atomic E-state index is 0.483. The number of nitrogens with two attached hydrogens (primary N) is 1. The van der Waals surface area contributed by atoms with E-state index in [9.17, 15) is 0 Å². The fraction of sp³-hybridized carbons (Fsp3) is 0.538. The van der Waals surface area contributed by atoms with Gasteiger partial charge in [0.15, 0.2) is 0 Å². The molecule has 0 aliphatic heterocycles. The van der Waals surface area contributed by atoms with Gasteiger partial charge in [0.05, 0.1) is 79.3 Å². The first-order chi connectivity index (χ1) is 17.3. The maximum absolute atomic E-state index is 5.63. The van der Waals surface area contributed by atoms with E-state index < -0.39 is 0 Å². The minimum absolute atomic E-state index is 0.483. The second-order valence-corrected chi connectivity index (χ2v) is 7.25. The van der Waals surface area contributed by atoms with E-state index in [-0.39, 0.29) is 0 Å². The third kappa shape index (κ3) is 16.8. The molecule has 0 spiro atoms. The average molecular weight is 494 g/mol. The second kappa shape index (κ2) is 20.9. The Hall–Kier alpha value is -2.40. The number of benzene rings is 2. The Kier molecular flexibility index (Phi) is 17.2. The molecule has 0 aliphatic rings. The van der Waals surface area contributed by atoms with Crippen molar-refractivity contribution in [2.24, 2.45) is 0 Å². The molecule has 0 saturated heterocycles. The molecular formula is C26H39NO8. The van der Waals surface area contributed by atoms with E-state index in [1.165, 1.54) is 0 Å². The van der Waals surface area contributed by atoms with E-state index in [0.717, 1.165) is 11.5 Å². The third-order valence-corrected chi connectivity index (χ3v) is 4.48. The Morgan fingerprint density at radius 3 is 1.06 bits per heavy atom. The number of hydrogen-bond donors (Lipinski definition) is 1. The fourth-order valence-electron chi connectivity index (χ4n) is 2.72. The van der Waals surface area contributed by atoms with Crippen molar-refractivity contribution >= 4 is 5.69 Å². The van der Waals surface area contributed by atoms with E-state index in [2.05, 4.69) is 0 Å². The van der Waals surface area contributed by atoms with Gasteiger partial charge in [0, 0.05) is 5.69 Å². The van der Waals surface area contributed by atoms with E-state index in [1.807, 2.05) is 42.5 Å². The zero-order chi connectivity index (χ0) is 24.7. The molecule has 0 atom stereocenters. The Bertz CT molecular complexity index is 717. The summed E-state index contributed by atoms with van der Waals surface area (Å²) in [6.07, 6.45) is 0. The number of rotatable bonds is 23. The Morgan fingerprint density at radius 1 is 0.371 bits per heavy atom. The van der Waals surface area contributed by atoms with Crippen LogP contribution in [0.1, 0.15) is 0 Å². The summed E-state index contributed by atoms with van der Waals surface area (Å²) in [6, 6.07) is 16.9. The first-order valence-corrected chi connectivity index (χ1v) is 12.0. The lowest BCUT2D eigenvalue weighted by molar-refractivity contribution is -0.0187. The van der Waals surface area contributed by atoms with E-state index in [1.54, 1.807) is 12.1 Å². The predicted molar refractivity (Wildman–Crippen MR) is 133 cm³/mol. The lowest BCUT2D eigenvalue weighted by atomic mass is 10.3. The number of nitrogen functional groups attached to an aromatic ring is 1. The molecule has 0 aliphatic carbocycles. The molecule has 2 aromatic rings. The van der Waals surface area contributed by atoms with Crippen molar-refractivity contribution < 1.29 is 37.9 Å². The Morgan fingerprint density at radius 2 is 0.686 bits per heavy atom. The van der Waals surface area contributed by atoms with Gasteiger partial charge in [-0.15, -0.1) is 0 Å². The smallest absolute Gasteiger partial charge is 0.119 e. The summed E-state index contributed by atoms with van der Waals surface area (Å²) in [5, 5.41) is 0. The van der Waals surface area contributed by atoms with Gasteiger partial charge < -0.3 is 43.6 Å². The molecule has 0 saturated carbocycles. The van der Waals surface area contributed by atoms with Gasteiger partial charge in [0.25, 0.3) is 0 Å². The van der Waals surface area contributed by atoms with Crippen LogP contribution in [0.25, 0.3) is 0 Å². The van der Waals surface area contributed by atoms with Crippen LogP contribution in [0.5, 0.6) is 11.5 Å². The molecule has 2 rings (SSSR count). The van der Waals surface area contributed by atoms with E-state index in [4.69, 9.17) is 43.6 Å². The summed E-state index contributed by atoms with van der Waals surface area (Å²) >= 11 is 0. The van der Waals surface area contributed by atoms with Crippen molar-refractivity contribution in [1.29, 1.82) is 0 Å². The van der Waals surface area contributed by atoms with Crippen LogP contribution < -0.4 is 15.2 Å². The van der Waals surface area contributed by atoms with Crippen molar-refractivity contribution in [2.75, 3.05) is 98.2 Å². The van der Waals surface area contributed by atoms with Crippen LogP contribution in [0.4, 0.5) is 5.69 Å². The summed E-state index contributed by atoms with van der Waals surface area (Å²) < 4.78 is 43.8. The molecule has 9 heteroatoms. The maximum Gasteiger partial charge on any atom is 0.119 e. The van der Waals surface area contributed by atoms with Crippen LogP contribution in [0, 0.1) is 0 Å². The minimum Gasteiger partial charge on any atom is -0.491 e. The van der Waals surface area contributed by atoms with Gasteiger partial charge in [-0.2, -0.15) is 0 Å². The summed E-state index contributed by atoms with van der Waals surface area (Å²) in [4.78, 5) is 0. The largest absolute Gasteiger partial charge is 0.491 e. The summed E-state index contributed by atoms with van der Waals surface area (Å²) in [5.74, 6) is 1.62. The summed E-state index contributed by atoms with van der Waals surface area (Å²) in [6.45, 7) is 7.26. The number of anilines is 1. The van der Waals surface area contributed by atoms with Crippen LogP contribution in [0.3, 0.4) is 0 Å². The van der Waals surface area contributed by atoms with Crippen LogP contribution >= 0.6 is 0 Å². The number of ether oxygens (including phenoxy) is 8. The zero-order valence-electron chi connectivity index (χ0n) is 20.4. The van der Waals surface area contributed by atoms with Gasteiger partial charge in [-0.1, -0.05) is 18.2 Å². The van der Waals surface area contributed by atoms with E-state index >= 15 is 0 Å². The fourth-order valence-corrected chi connectivity index (χ4v) is 2.72. The average Bonchev–Trinajstić information content (AvgIpc) is 2.88. The van der Waals surface area contributed by atoms with Crippen molar-refractivity contribution in [2.45, 2.75) is 0 Å². The quantitative estimate of drug-likeness (QED) is 0.185. The van der Waals surface area contributed by atoms with Gasteiger partial charge in [0.2, 0.25) is 0 Å².